The van der Waals surface area contributed by atoms with Crippen LogP contribution in [0.4, 0.5) is 5.69 Å². The van der Waals surface area contributed by atoms with Gasteiger partial charge in [-0.3, -0.25) is 4.72 Å². The molecule has 1 heterocycles. The Morgan fingerprint density at radius 1 is 1.07 bits per heavy atom. The highest BCUT2D eigenvalue weighted by Gasteiger charge is 2.12. The first-order valence-electron chi connectivity index (χ1n) is 4.39. The van der Waals surface area contributed by atoms with Crippen molar-refractivity contribution in [3.8, 4) is 0 Å². The van der Waals surface area contributed by atoms with Gasteiger partial charge in [-0.15, -0.1) is 0 Å². The first-order chi connectivity index (χ1) is 7.18. The molecule has 2 aromatic rings. The molecule has 0 unspecified atom stereocenters. The van der Waals surface area contributed by atoms with Crippen LogP contribution in [0.1, 0.15) is 0 Å². The van der Waals surface area contributed by atoms with E-state index >= 15 is 0 Å². The van der Waals surface area contributed by atoms with Gasteiger partial charge in [0.25, 0.3) is 10.0 Å². The molecule has 2 N–H and O–H groups in total. The van der Waals surface area contributed by atoms with Crippen LogP contribution in [-0.4, -0.2) is 13.4 Å². The van der Waals surface area contributed by atoms with Crippen LogP contribution in [0.25, 0.3) is 0 Å². The van der Waals surface area contributed by atoms with Gasteiger partial charge in [0.2, 0.25) is 0 Å². The van der Waals surface area contributed by atoms with Gasteiger partial charge in [0.1, 0.15) is 0 Å². The molecule has 78 valence electrons. The molecule has 0 saturated heterocycles. The summed E-state index contributed by atoms with van der Waals surface area (Å²) in [4.78, 5) is 3.03. The van der Waals surface area contributed by atoms with E-state index in [0.717, 1.165) is 0 Å². The van der Waals surface area contributed by atoms with Crippen molar-refractivity contribution in [1.82, 2.24) is 4.98 Å². The SMILES string of the molecule is O=S(=O)(Nc1cc[nH]c1)c1ccccc1. The number of rotatable bonds is 3. The number of hydrogen-bond donors (Lipinski definition) is 2. The van der Waals surface area contributed by atoms with Crippen LogP contribution >= 0.6 is 0 Å². The zero-order valence-corrected chi connectivity index (χ0v) is 8.66. The molecule has 0 radical (unpaired) electrons. The summed E-state index contributed by atoms with van der Waals surface area (Å²) in [7, 11) is -3.45. The van der Waals surface area contributed by atoms with Crippen LogP contribution in [0, 0.1) is 0 Å². The summed E-state index contributed by atoms with van der Waals surface area (Å²) in [6.07, 6.45) is 3.24. The van der Waals surface area contributed by atoms with Gasteiger partial charge in [0.05, 0.1) is 10.6 Å². The molecule has 0 bridgehead atoms. The van der Waals surface area contributed by atoms with Crippen LogP contribution in [0.5, 0.6) is 0 Å². The highest BCUT2D eigenvalue weighted by atomic mass is 32.2. The first-order valence-corrected chi connectivity index (χ1v) is 5.87. The Hall–Kier alpha value is -1.75. The summed E-state index contributed by atoms with van der Waals surface area (Å²) >= 11 is 0. The van der Waals surface area contributed by atoms with Crippen LogP contribution < -0.4 is 4.72 Å². The lowest BCUT2D eigenvalue weighted by atomic mass is 10.4. The predicted molar refractivity (Wildman–Crippen MR) is 58.0 cm³/mol. The third kappa shape index (κ3) is 2.19. The lowest BCUT2D eigenvalue weighted by molar-refractivity contribution is 0.601. The van der Waals surface area contributed by atoms with Crippen LogP contribution in [0.15, 0.2) is 53.7 Å². The second-order valence-corrected chi connectivity index (χ2v) is 4.70. The summed E-state index contributed by atoms with van der Waals surface area (Å²) < 4.78 is 26.0. The number of aromatic amines is 1. The largest absolute Gasteiger partial charge is 0.366 e. The van der Waals surface area contributed by atoms with E-state index in [4.69, 9.17) is 0 Å². The average molecular weight is 222 g/mol. The maximum Gasteiger partial charge on any atom is 0.261 e. The number of benzene rings is 1. The summed E-state index contributed by atoms with van der Waals surface area (Å²) in [5.41, 5.74) is 0.527. The van der Waals surface area contributed by atoms with Crippen molar-refractivity contribution in [2.24, 2.45) is 0 Å². The number of hydrogen-bond acceptors (Lipinski definition) is 2. The molecule has 0 aliphatic carbocycles. The maximum atomic E-state index is 11.8. The van der Waals surface area contributed by atoms with Gasteiger partial charge < -0.3 is 4.98 Å². The molecule has 15 heavy (non-hydrogen) atoms. The fourth-order valence-corrected chi connectivity index (χ4v) is 2.27. The van der Waals surface area contributed by atoms with Crippen molar-refractivity contribution in [3.63, 3.8) is 0 Å². The second-order valence-electron chi connectivity index (χ2n) is 3.02. The quantitative estimate of drug-likeness (QED) is 0.832. The van der Waals surface area contributed by atoms with E-state index < -0.39 is 10.0 Å². The molecule has 0 amide bonds. The second kappa shape index (κ2) is 3.78. The molecular formula is C10H10N2O2S. The zero-order chi connectivity index (χ0) is 10.7. The molecule has 0 aliphatic rings. The van der Waals surface area contributed by atoms with Crippen molar-refractivity contribution in [3.05, 3.63) is 48.8 Å². The Morgan fingerprint density at radius 2 is 1.80 bits per heavy atom. The fraction of sp³-hybridized carbons (Fsp3) is 0. The Balaban J connectivity index is 2.29. The molecule has 2 rings (SSSR count). The smallest absolute Gasteiger partial charge is 0.261 e. The maximum absolute atomic E-state index is 11.8. The monoisotopic (exact) mass is 222 g/mol. The molecule has 0 saturated carbocycles. The third-order valence-electron chi connectivity index (χ3n) is 1.90. The molecule has 1 aromatic carbocycles. The number of aromatic nitrogens is 1. The highest BCUT2D eigenvalue weighted by Crippen LogP contribution is 2.14. The van der Waals surface area contributed by atoms with E-state index in [9.17, 15) is 8.42 Å². The van der Waals surface area contributed by atoms with E-state index in [2.05, 4.69) is 9.71 Å². The molecule has 0 atom stereocenters. The normalized spacial score (nSPS) is 11.2. The molecule has 5 heteroatoms. The van der Waals surface area contributed by atoms with Gasteiger partial charge in [0, 0.05) is 12.4 Å². The van der Waals surface area contributed by atoms with E-state index in [1.165, 1.54) is 0 Å². The molecular weight excluding hydrogens is 212 g/mol. The number of H-pyrrole nitrogens is 1. The van der Waals surface area contributed by atoms with E-state index in [1.54, 1.807) is 48.8 Å². The van der Waals surface area contributed by atoms with Gasteiger partial charge in [-0.1, -0.05) is 18.2 Å². The molecule has 4 nitrogen and oxygen atoms in total. The topological polar surface area (TPSA) is 62.0 Å². The molecule has 0 aliphatic heterocycles. The summed E-state index contributed by atoms with van der Waals surface area (Å²) in [5, 5.41) is 0. The Bertz CT molecular complexity index is 518. The van der Waals surface area contributed by atoms with Gasteiger partial charge in [0.15, 0.2) is 0 Å². The van der Waals surface area contributed by atoms with Gasteiger partial charge >= 0.3 is 0 Å². The van der Waals surface area contributed by atoms with Crippen molar-refractivity contribution in [2.45, 2.75) is 4.90 Å². The van der Waals surface area contributed by atoms with E-state index in [-0.39, 0.29) is 4.90 Å². The van der Waals surface area contributed by atoms with Crippen molar-refractivity contribution in [2.75, 3.05) is 4.72 Å². The lowest BCUT2D eigenvalue weighted by Crippen LogP contribution is -2.12. The lowest BCUT2D eigenvalue weighted by Gasteiger charge is -2.05. The van der Waals surface area contributed by atoms with E-state index in [1.807, 2.05) is 0 Å². The minimum atomic E-state index is -3.45. The van der Waals surface area contributed by atoms with Crippen LogP contribution in [-0.2, 0) is 10.0 Å². The number of nitrogens with one attached hydrogen (secondary N) is 2. The minimum Gasteiger partial charge on any atom is -0.366 e. The minimum absolute atomic E-state index is 0.256. The van der Waals surface area contributed by atoms with E-state index in [0.29, 0.717) is 5.69 Å². The first kappa shape index (κ1) is 9.79. The van der Waals surface area contributed by atoms with Crippen LogP contribution in [0.3, 0.4) is 0 Å². The molecule has 1 aromatic heterocycles. The Labute approximate surface area is 88.0 Å². The standard InChI is InChI=1S/C10H10N2O2S/c13-15(14,10-4-2-1-3-5-10)12-9-6-7-11-8-9/h1-8,11-12H. The summed E-state index contributed by atoms with van der Waals surface area (Å²) in [6, 6.07) is 9.90. The van der Waals surface area contributed by atoms with Crippen LogP contribution in [0.2, 0.25) is 0 Å². The molecule has 0 spiro atoms. The number of sulfonamides is 1. The van der Waals surface area contributed by atoms with Crippen molar-refractivity contribution < 1.29 is 8.42 Å². The predicted octanol–water partition coefficient (Wildman–Crippen LogP) is 1.82. The number of anilines is 1. The van der Waals surface area contributed by atoms with Gasteiger partial charge in [-0.2, -0.15) is 0 Å². The Morgan fingerprint density at radius 3 is 2.40 bits per heavy atom. The van der Waals surface area contributed by atoms with Gasteiger partial charge in [-0.25, -0.2) is 8.42 Å². The molecule has 0 fully saturated rings. The zero-order valence-electron chi connectivity index (χ0n) is 7.84. The fourth-order valence-electron chi connectivity index (χ4n) is 1.20. The summed E-state index contributed by atoms with van der Waals surface area (Å²) in [5.74, 6) is 0. The van der Waals surface area contributed by atoms with Gasteiger partial charge in [-0.05, 0) is 18.2 Å². The Kier molecular flexibility index (Phi) is 2.47. The summed E-state index contributed by atoms with van der Waals surface area (Å²) in [6.45, 7) is 0. The van der Waals surface area contributed by atoms with Crippen molar-refractivity contribution in [1.29, 1.82) is 0 Å². The third-order valence-corrected chi connectivity index (χ3v) is 3.30. The average Bonchev–Trinajstić information content (AvgIpc) is 2.71. The van der Waals surface area contributed by atoms with Crippen molar-refractivity contribution >= 4 is 15.7 Å². The highest BCUT2D eigenvalue weighted by molar-refractivity contribution is 7.92.